The summed E-state index contributed by atoms with van der Waals surface area (Å²) in [5.74, 6) is 0.487. The predicted molar refractivity (Wildman–Crippen MR) is 97.4 cm³/mol. The first-order chi connectivity index (χ1) is 13.1. The van der Waals surface area contributed by atoms with E-state index in [1.807, 2.05) is 0 Å². The van der Waals surface area contributed by atoms with Crippen LogP contribution in [0.15, 0.2) is 36.7 Å². The minimum Gasteiger partial charge on any atom is -0.487 e. The fraction of sp³-hybridized carbons (Fsp3) is 0.278. The smallest absolute Gasteiger partial charge is 0.256 e. The van der Waals surface area contributed by atoms with Gasteiger partial charge in [0.2, 0.25) is 0 Å². The molecule has 0 aliphatic carbocycles. The molecule has 1 amide bonds. The van der Waals surface area contributed by atoms with E-state index >= 15 is 0 Å². The van der Waals surface area contributed by atoms with Gasteiger partial charge in [0.25, 0.3) is 5.91 Å². The average molecular weight is 370 g/mol. The second-order valence-electron chi connectivity index (χ2n) is 6.25. The van der Waals surface area contributed by atoms with Gasteiger partial charge < -0.3 is 20.7 Å². The summed E-state index contributed by atoms with van der Waals surface area (Å²) in [7, 11) is 1.80. The maximum Gasteiger partial charge on any atom is 0.256 e. The SMILES string of the molecule is CNCC1CNC(=O)c2cnn3ccc(nc23)NCc2cc(F)ccc2O1. The van der Waals surface area contributed by atoms with E-state index in [4.69, 9.17) is 4.74 Å². The normalized spacial score (nSPS) is 17.1. The van der Waals surface area contributed by atoms with Crippen LogP contribution in [-0.2, 0) is 6.54 Å². The molecule has 0 radical (unpaired) electrons. The van der Waals surface area contributed by atoms with Crippen LogP contribution in [-0.4, -0.2) is 46.7 Å². The molecule has 1 aliphatic heterocycles. The fourth-order valence-electron chi connectivity index (χ4n) is 2.98. The number of amides is 1. The molecule has 2 bridgehead atoms. The number of carbonyl (C=O) groups excluding carboxylic acids is 1. The van der Waals surface area contributed by atoms with Crippen molar-refractivity contribution >= 4 is 17.4 Å². The number of likely N-dealkylation sites (N-methyl/N-ethyl adjacent to an activating group) is 1. The molecule has 8 nitrogen and oxygen atoms in total. The van der Waals surface area contributed by atoms with Gasteiger partial charge in [0.15, 0.2) is 5.65 Å². The Morgan fingerprint density at radius 3 is 3.11 bits per heavy atom. The molecular formula is C18H19FN6O2. The summed E-state index contributed by atoms with van der Waals surface area (Å²) in [5.41, 5.74) is 1.49. The Labute approximate surface area is 154 Å². The molecule has 1 unspecified atom stereocenters. The van der Waals surface area contributed by atoms with Gasteiger partial charge in [-0.15, -0.1) is 0 Å². The number of aromatic nitrogens is 3. The molecule has 4 rings (SSSR count). The summed E-state index contributed by atoms with van der Waals surface area (Å²) >= 11 is 0. The standard InChI is InChI=1S/C18H19FN6O2/c1-20-8-13-9-22-18(26)14-10-23-25-5-4-16(24-17(14)25)21-7-11-6-12(19)2-3-15(11)27-13/h2-6,10,13,20H,7-9H2,1H3,(H,21,24)(H,22,26). The summed E-state index contributed by atoms with van der Waals surface area (Å²) < 4.78 is 21.3. The number of halogens is 1. The highest BCUT2D eigenvalue weighted by Crippen LogP contribution is 2.23. The topological polar surface area (TPSA) is 92.6 Å². The third-order valence-corrected chi connectivity index (χ3v) is 4.31. The van der Waals surface area contributed by atoms with Gasteiger partial charge in [-0.05, 0) is 31.3 Å². The Hall–Kier alpha value is -3.20. The molecule has 0 fully saturated rings. The van der Waals surface area contributed by atoms with Crippen LogP contribution >= 0.6 is 0 Å². The minimum atomic E-state index is -0.344. The number of benzene rings is 1. The van der Waals surface area contributed by atoms with E-state index in [9.17, 15) is 9.18 Å². The van der Waals surface area contributed by atoms with E-state index in [1.165, 1.54) is 22.8 Å². The lowest BCUT2D eigenvalue weighted by molar-refractivity contribution is 0.0929. The highest BCUT2D eigenvalue weighted by molar-refractivity contribution is 5.99. The molecule has 1 atom stereocenters. The van der Waals surface area contributed by atoms with Crippen molar-refractivity contribution in [2.45, 2.75) is 12.6 Å². The van der Waals surface area contributed by atoms with Gasteiger partial charge in [-0.3, -0.25) is 4.79 Å². The molecule has 140 valence electrons. The number of fused-ring (bicyclic) bond motifs is 2. The number of nitrogens with one attached hydrogen (secondary N) is 3. The highest BCUT2D eigenvalue weighted by Gasteiger charge is 2.19. The van der Waals surface area contributed by atoms with Crippen molar-refractivity contribution < 1.29 is 13.9 Å². The molecule has 3 aromatic rings. The second-order valence-corrected chi connectivity index (χ2v) is 6.25. The Balaban J connectivity index is 1.75. The van der Waals surface area contributed by atoms with Crippen molar-refractivity contribution in [3.05, 3.63) is 53.6 Å². The third-order valence-electron chi connectivity index (χ3n) is 4.31. The molecule has 0 saturated heterocycles. The third kappa shape index (κ3) is 3.54. The van der Waals surface area contributed by atoms with E-state index in [-0.39, 0.29) is 24.4 Å². The maximum atomic E-state index is 13.8. The van der Waals surface area contributed by atoms with Gasteiger partial charge in [-0.25, -0.2) is 13.9 Å². The maximum absolute atomic E-state index is 13.8. The zero-order valence-corrected chi connectivity index (χ0v) is 14.7. The Morgan fingerprint density at radius 2 is 2.26 bits per heavy atom. The summed E-state index contributed by atoms with van der Waals surface area (Å²) in [6.45, 7) is 1.12. The zero-order chi connectivity index (χ0) is 18.8. The minimum absolute atomic E-state index is 0.279. The van der Waals surface area contributed by atoms with Crippen LogP contribution in [0.5, 0.6) is 5.75 Å². The number of carbonyl (C=O) groups is 1. The number of nitrogens with zero attached hydrogens (tertiary/aromatic N) is 3. The van der Waals surface area contributed by atoms with Crippen molar-refractivity contribution in [3.8, 4) is 5.75 Å². The molecule has 0 spiro atoms. The lowest BCUT2D eigenvalue weighted by Gasteiger charge is -2.21. The van der Waals surface area contributed by atoms with E-state index < -0.39 is 0 Å². The van der Waals surface area contributed by atoms with E-state index in [2.05, 4.69) is 26.0 Å². The van der Waals surface area contributed by atoms with Crippen LogP contribution in [0, 0.1) is 5.82 Å². The molecular weight excluding hydrogens is 351 g/mol. The van der Waals surface area contributed by atoms with E-state index in [1.54, 1.807) is 25.4 Å². The van der Waals surface area contributed by atoms with Crippen molar-refractivity contribution in [1.29, 1.82) is 0 Å². The first-order valence-corrected chi connectivity index (χ1v) is 8.60. The van der Waals surface area contributed by atoms with Gasteiger partial charge in [-0.2, -0.15) is 5.10 Å². The van der Waals surface area contributed by atoms with Crippen LogP contribution in [0.2, 0.25) is 0 Å². The molecule has 3 heterocycles. The average Bonchev–Trinajstić information content (AvgIpc) is 3.08. The van der Waals surface area contributed by atoms with Crippen LogP contribution in [0.1, 0.15) is 15.9 Å². The Bertz CT molecular complexity index is 989. The number of hydrogen-bond acceptors (Lipinski definition) is 6. The van der Waals surface area contributed by atoms with Crippen LogP contribution < -0.4 is 20.7 Å². The molecule has 0 saturated carbocycles. The largest absolute Gasteiger partial charge is 0.487 e. The van der Waals surface area contributed by atoms with Gasteiger partial charge in [0.1, 0.15) is 29.1 Å². The Morgan fingerprint density at radius 1 is 1.37 bits per heavy atom. The number of hydrogen-bond donors (Lipinski definition) is 3. The monoisotopic (exact) mass is 370 g/mol. The van der Waals surface area contributed by atoms with Gasteiger partial charge in [0, 0.05) is 24.8 Å². The molecule has 27 heavy (non-hydrogen) atoms. The van der Waals surface area contributed by atoms with Gasteiger partial charge >= 0.3 is 0 Å². The number of rotatable bonds is 2. The summed E-state index contributed by atoms with van der Waals surface area (Å²) in [4.78, 5) is 17.1. The molecule has 1 aromatic carbocycles. The van der Waals surface area contributed by atoms with E-state index in [0.717, 1.165) is 0 Å². The summed E-state index contributed by atoms with van der Waals surface area (Å²) in [5, 5.41) is 13.2. The van der Waals surface area contributed by atoms with E-state index in [0.29, 0.717) is 41.4 Å². The predicted octanol–water partition coefficient (Wildman–Crippen LogP) is 1.19. The first-order valence-electron chi connectivity index (χ1n) is 8.60. The van der Waals surface area contributed by atoms with Crippen molar-refractivity contribution in [1.82, 2.24) is 25.2 Å². The van der Waals surface area contributed by atoms with Crippen molar-refractivity contribution in [3.63, 3.8) is 0 Å². The lowest BCUT2D eigenvalue weighted by atomic mass is 10.2. The van der Waals surface area contributed by atoms with Crippen LogP contribution in [0.3, 0.4) is 0 Å². The zero-order valence-electron chi connectivity index (χ0n) is 14.7. The molecule has 1 aliphatic rings. The Kier molecular flexibility index (Phi) is 4.59. The summed E-state index contributed by atoms with van der Waals surface area (Å²) in [6, 6.07) is 6.13. The highest BCUT2D eigenvalue weighted by atomic mass is 19.1. The number of ether oxygens (including phenoxy) is 1. The second kappa shape index (κ2) is 7.20. The molecule has 3 N–H and O–H groups in total. The van der Waals surface area contributed by atoms with Crippen LogP contribution in [0.25, 0.3) is 5.65 Å². The molecule has 2 aromatic heterocycles. The van der Waals surface area contributed by atoms with Crippen LogP contribution in [0.4, 0.5) is 10.2 Å². The van der Waals surface area contributed by atoms with Crippen molar-refractivity contribution in [2.75, 3.05) is 25.5 Å². The molecule has 9 heteroatoms. The number of anilines is 1. The van der Waals surface area contributed by atoms with Crippen molar-refractivity contribution in [2.24, 2.45) is 0 Å². The van der Waals surface area contributed by atoms with Gasteiger partial charge in [0.05, 0.1) is 12.7 Å². The quantitative estimate of drug-likeness (QED) is 0.628. The fourth-order valence-corrected chi connectivity index (χ4v) is 2.98. The van der Waals surface area contributed by atoms with Gasteiger partial charge in [-0.1, -0.05) is 0 Å². The summed E-state index contributed by atoms with van der Waals surface area (Å²) in [6.07, 6.45) is 2.87. The lowest BCUT2D eigenvalue weighted by Crippen LogP contribution is -2.41. The first kappa shape index (κ1) is 17.2.